The molecule has 0 aliphatic carbocycles. The van der Waals surface area contributed by atoms with Crippen molar-refractivity contribution in [1.29, 1.82) is 0 Å². The van der Waals surface area contributed by atoms with Gasteiger partial charge in [0.25, 0.3) is 5.91 Å². The van der Waals surface area contributed by atoms with Gasteiger partial charge in [0.2, 0.25) is 5.88 Å². The Kier molecular flexibility index (Phi) is 10.6. The maximum absolute atomic E-state index is 13.2. The fourth-order valence-corrected chi connectivity index (χ4v) is 4.61. The van der Waals surface area contributed by atoms with Crippen molar-refractivity contribution in [1.82, 2.24) is 15.1 Å². The summed E-state index contributed by atoms with van der Waals surface area (Å²) in [6.45, 7) is 2.09. The average molecular weight is 592 g/mol. The molecule has 4 aromatic rings. The van der Waals surface area contributed by atoms with Gasteiger partial charge in [-0.3, -0.25) is 4.79 Å². The van der Waals surface area contributed by atoms with Gasteiger partial charge in [-0.2, -0.15) is 5.10 Å². The van der Waals surface area contributed by atoms with Crippen LogP contribution in [0.4, 0.5) is 0 Å². The van der Waals surface area contributed by atoms with Gasteiger partial charge in [-0.25, -0.2) is 9.48 Å². The second kappa shape index (κ2) is 14.5. The summed E-state index contributed by atoms with van der Waals surface area (Å²) in [5.74, 6) is -0.0322. The van der Waals surface area contributed by atoms with Crippen LogP contribution < -0.4 is 14.8 Å². The maximum atomic E-state index is 13.2. The normalized spacial score (nSPS) is 12.3. The fourth-order valence-electron chi connectivity index (χ4n) is 4.42. The highest BCUT2D eigenvalue weighted by Gasteiger charge is 2.25. The SMILES string of the molecule is CCOC(=O)[C@H](O)C[C@@H](Cc1ccc(-c2cccc(Cl)c2)cc1)NC(=O)c1cc(OCc2ccc(OC)cc2)n(C)n1. The Bertz CT molecular complexity index is 1490. The van der Waals surface area contributed by atoms with E-state index in [9.17, 15) is 14.7 Å². The van der Waals surface area contributed by atoms with Crippen LogP contribution in [0.5, 0.6) is 11.6 Å². The molecule has 0 spiro atoms. The van der Waals surface area contributed by atoms with E-state index in [1.165, 1.54) is 4.68 Å². The van der Waals surface area contributed by atoms with Crippen LogP contribution in [0.1, 0.15) is 35.0 Å². The first kappa shape index (κ1) is 30.6. The second-order valence-electron chi connectivity index (χ2n) is 9.71. The summed E-state index contributed by atoms with van der Waals surface area (Å²) in [7, 11) is 3.29. The summed E-state index contributed by atoms with van der Waals surface area (Å²) in [4.78, 5) is 25.4. The van der Waals surface area contributed by atoms with Crippen molar-refractivity contribution in [2.45, 2.75) is 38.5 Å². The molecule has 0 saturated heterocycles. The maximum Gasteiger partial charge on any atom is 0.335 e. The molecule has 4 rings (SSSR count). The number of aliphatic hydroxyl groups is 1. The van der Waals surface area contributed by atoms with Crippen LogP contribution in [-0.4, -0.2) is 52.6 Å². The van der Waals surface area contributed by atoms with Gasteiger partial charge in [0, 0.05) is 30.6 Å². The number of esters is 1. The molecule has 9 nitrogen and oxygen atoms in total. The Hall–Kier alpha value is -4.34. The molecule has 220 valence electrons. The Morgan fingerprint density at radius 3 is 2.38 bits per heavy atom. The molecule has 0 saturated carbocycles. The van der Waals surface area contributed by atoms with Crippen molar-refractivity contribution in [2.24, 2.45) is 7.05 Å². The van der Waals surface area contributed by atoms with Gasteiger partial charge in [0.1, 0.15) is 12.4 Å². The number of nitrogens with zero attached hydrogens (tertiary/aromatic N) is 2. The van der Waals surface area contributed by atoms with Gasteiger partial charge < -0.3 is 24.6 Å². The molecule has 0 radical (unpaired) electrons. The molecule has 1 amide bonds. The molecule has 2 N–H and O–H groups in total. The van der Waals surface area contributed by atoms with Crippen molar-refractivity contribution in [2.75, 3.05) is 13.7 Å². The number of aryl methyl sites for hydroxylation is 1. The van der Waals surface area contributed by atoms with Crippen LogP contribution in [0, 0.1) is 0 Å². The van der Waals surface area contributed by atoms with Crippen molar-refractivity contribution < 1.29 is 28.9 Å². The lowest BCUT2D eigenvalue weighted by Crippen LogP contribution is -2.41. The lowest BCUT2D eigenvalue weighted by molar-refractivity contribution is -0.153. The number of rotatable bonds is 13. The number of hydrogen-bond donors (Lipinski definition) is 2. The minimum atomic E-state index is -1.40. The standard InChI is InChI=1S/C32H34ClN3O6/c1-4-41-32(39)29(37)18-26(16-21-8-12-23(13-9-21)24-6-5-7-25(33)17-24)34-31(38)28-19-30(36(2)35-28)42-20-22-10-14-27(40-3)15-11-22/h5-15,17,19,26,29,37H,4,16,18,20H2,1-3H3,(H,34,38)/t26-,29-/m1/s1. The topological polar surface area (TPSA) is 112 Å². The van der Waals surface area contributed by atoms with Gasteiger partial charge in [-0.05, 0) is 59.9 Å². The largest absolute Gasteiger partial charge is 0.497 e. The molecule has 3 aromatic carbocycles. The highest BCUT2D eigenvalue weighted by atomic mass is 35.5. The zero-order valence-electron chi connectivity index (χ0n) is 23.7. The fraction of sp³-hybridized carbons (Fsp3) is 0.281. The third-order valence-corrected chi connectivity index (χ3v) is 6.85. The van der Waals surface area contributed by atoms with Crippen LogP contribution in [0.2, 0.25) is 5.02 Å². The van der Waals surface area contributed by atoms with Crippen LogP contribution >= 0.6 is 11.6 Å². The third kappa shape index (κ3) is 8.34. The molecular weight excluding hydrogens is 558 g/mol. The van der Waals surface area contributed by atoms with E-state index in [4.69, 9.17) is 25.8 Å². The Balaban J connectivity index is 1.45. The summed E-state index contributed by atoms with van der Waals surface area (Å²) < 4.78 is 17.5. The van der Waals surface area contributed by atoms with E-state index in [0.29, 0.717) is 17.3 Å². The number of aliphatic hydroxyl groups excluding tert-OH is 1. The Morgan fingerprint density at radius 2 is 1.71 bits per heavy atom. The summed E-state index contributed by atoms with van der Waals surface area (Å²) in [5, 5.41) is 18.3. The molecular formula is C32H34ClN3O6. The summed E-state index contributed by atoms with van der Waals surface area (Å²) in [5.41, 5.74) is 3.96. The summed E-state index contributed by atoms with van der Waals surface area (Å²) in [6.07, 6.45) is -1.06. The summed E-state index contributed by atoms with van der Waals surface area (Å²) in [6, 6.07) is 23.8. The minimum Gasteiger partial charge on any atom is -0.497 e. The lowest BCUT2D eigenvalue weighted by atomic mass is 9.97. The van der Waals surface area contributed by atoms with E-state index in [1.807, 2.05) is 72.8 Å². The number of amides is 1. The predicted octanol–water partition coefficient (Wildman–Crippen LogP) is 4.98. The highest BCUT2D eigenvalue weighted by Crippen LogP contribution is 2.24. The van der Waals surface area contributed by atoms with Crippen LogP contribution in [-0.2, 0) is 29.6 Å². The number of carbonyl (C=O) groups excluding carboxylic acids is 2. The van der Waals surface area contributed by atoms with E-state index in [0.717, 1.165) is 28.0 Å². The molecule has 1 aromatic heterocycles. The highest BCUT2D eigenvalue weighted by molar-refractivity contribution is 6.30. The number of nitrogens with one attached hydrogen (secondary N) is 1. The lowest BCUT2D eigenvalue weighted by Gasteiger charge is -2.21. The summed E-state index contributed by atoms with van der Waals surface area (Å²) >= 11 is 6.14. The van der Waals surface area contributed by atoms with E-state index in [1.54, 1.807) is 27.1 Å². The first-order valence-electron chi connectivity index (χ1n) is 13.6. The van der Waals surface area contributed by atoms with Crippen LogP contribution in [0.3, 0.4) is 0 Å². The van der Waals surface area contributed by atoms with Gasteiger partial charge in [-0.15, -0.1) is 0 Å². The number of halogens is 1. The van der Waals surface area contributed by atoms with Crippen LogP contribution in [0.25, 0.3) is 11.1 Å². The van der Waals surface area contributed by atoms with Gasteiger partial charge in [0.15, 0.2) is 11.8 Å². The zero-order chi connectivity index (χ0) is 30.1. The quantitative estimate of drug-likeness (QED) is 0.211. The number of ether oxygens (including phenoxy) is 3. The van der Waals surface area contributed by atoms with E-state index >= 15 is 0 Å². The number of benzene rings is 3. The Morgan fingerprint density at radius 1 is 1.00 bits per heavy atom. The monoisotopic (exact) mass is 591 g/mol. The van der Waals surface area contributed by atoms with E-state index < -0.39 is 24.0 Å². The second-order valence-corrected chi connectivity index (χ2v) is 10.1. The van der Waals surface area contributed by atoms with E-state index in [2.05, 4.69) is 10.4 Å². The van der Waals surface area contributed by atoms with Gasteiger partial charge in [-0.1, -0.05) is 60.1 Å². The number of methoxy groups -OCH3 is 1. The Labute approximate surface area is 250 Å². The van der Waals surface area contributed by atoms with E-state index in [-0.39, 0.29) is 25.3 Å². The minimum absolute atomic E-state index is 0.0335. The van der Waals surface area contributed by atoms with Crippen molar-refractivity contribution >= 4 is 23.5 Å². The van der Waals surface area contributed by atoms with Gasteiger partial charge >= 0.3 is 5.97 Å². The molecule has 1 heterocycles. The molecule has 0 fully saturated rings. The predicted molar refractivity (Wildman–Crippen MR) is 160 cm³/mol. The van der Waals surface area contributed by atoms with Crippen molar-refractivity contribution in [3.63, 3.8) is 0 Å². The molecule has 0 aliphatic heterocycles. The first-order chi connectivity index (χ1) is 20.2. The van der Waals surface area contributed by atoms with Crippen molar-refractivity contribution in [3.05, 3.63) is 101 Å². The zero-order valence-corrected chi connectivity index (χ0v) is 24.5. The molecule has 0 aliphatic rings. The molecule has 0 bridgehead atoms. The average Bonchev–Trinajstić information content (AvgIpc) is 3.37. The number of aromatic nitrogens is 2. The number of carbonyl (C=O) groups is 2. The van der Waals surface area contributed by atoms with Gasteiger partial charge in [0.05, 0.1) is 13.7 Å². The van der Waals surface area contributed by atoms with Crippen molar-refractivity contribution in [3.8, 4) is 22.8 Å². The molecule has 2 atom stereocenters. The smallest absolute Gasteiger partial charge is 0.335 e. The molecule has 10 heteroatoms. The molecule has 0 unspecified atom stereocenters. The number of hydrogen-bond acceptors (Lipinski definition) is 7. The first-order valence-corrected chi connectivity index (χ1v) is 13.9. The molecule has 42 heavy (non-hydrogen) atoms. The third-order valence-electron chi connectivity index (χ3n) is 6.61. The van der Waals surface area contributed by atoms with Crippen LogP contribution in [0.15, 0.2) is 78.9 Å².